The zero-order chi connectivity index (χ0) is 18.4. The molecule has 0 aliphatic heterocycles. The van der Waals surface area contributed by atoms with Gasteiger partial charge in [0.15, 0.2) is 0 Å². The van der Waals surface area contributed by atoms with E-state index in [1.54, 1.807) is 18.2 Å². The molecule has 6 heteroatoms. The van der Waals surface area contributed by atoms with Crippen LogP contribution in [0.3, 0.4) is 0 Å². The Bertz CT molecular complexity index is 747. The molecule has 2 rings (SSSR count). The van der Waals surface area contributed by atoms with Gasteiger partial charge in [0.25, 0.3) is 0 Å². The van der Waals surface area contributed by atoms with Crippen molar-refractivity contribution in [2.45, 2.75) is 31.3 Å². The van der Waals surface area contributed by atoms with Gasteiger partial charge in [-0.05, 0) is 30.5 Å². The highest BCUT2D eigenvalue weighted by Crippen LogP contribution is 2.17. The van der Waals surface area contributed by atoms with Crippen molar-refractivity contribution in [3.63, 3.8) is 0 Å². The molecule has 2 aromatic rings. The SMILES string of the molecule is C[C@](N)(Cc1ccccc1F)C(=O)C(=O)[C@H](Cc1ccccc1)NN. The molecule has 0 amide bonds. The lowest BCUT2D eigenvalue weighted by molar-refractivity contribution is -0.140. The van der Waals surface area contributed by atoms with Crippen molar-refractivity contribution in [3.05, 3.63) is 71.5 Å². The van der Waals surface area contributed by atoms with Crippen LogP contribution in [-0.4, -0.2) is 23.1 Å². The second kappa shape index (κ2) is 8.11. The molecule has 2 aromatic carbocycles. The molecule has 0 bridgehead atoms. The minimum Gasteiger partial charge on any atom is -0.319 e. The fourth-order valence-corrected chi connectivity index (χ4v) is 2.63. The van der Waals surface area contributed by atoms with Gasteiger partial charge in [0, 0.05) is 6.42 Å². The van der Waals surface area contributed by atoms with Crippen molar-refractivity contribution in [1.29, 1.82) is 0 Å². The summed E-state index contributed by atoms with van der Waals surface area (Å²) in [6.45, 7) is 1.43. The number of hydrogen-bond acceptors (Lipinski definition) is 5. The third-order valence-electron chi connectivity index (χ3n) is 4.06. The van der Waals surface area contributed by atoms with E-state index in [9.17, 15) is 14.0 Å². The van der Waals surface area contributed by atoms with Gasteiger partial charge >= 0.3 is 0 Å². The van der Waals surface area contributed by atoms with Gasteiger partial charge in [-0.25, -0.2) is 9.82 Å². The molecule has 0 aliphatic carbocycles. The van der Waals surface area contributed by atoms with Gasteiger partial charge in [-0.3, -0.25) is 15.4 Å². The quantitative estimate of drug-likeness (QED) is 0.381. The number of nitrogens with two attached hydrogens (primary N) is 2. The van der Waals surface area contributed by atoms with Crippen LogP contribution in [0.4, 0.5) is 4.39 Å². The van der Waals surface area contributed by atoms with Gasteiger partial charge in [-0.1, -0.05) is 48.5 Å². The Balaban J connectivity index is 2.13. The molecule has 25 heavy (non-hydrogen) atoms. The molecule has 0 aliphatic rings. The smallest absolute Gasteiger partial charge is 0.219 e. The van der Waals surface area contributed by atoms with E-state index in [-0.39, 0.29) is 18.4 Å². The Kier molecular flexibility index (Phi) is 6.14. The van der Waals surface area contributed by atoms with Crippen LogP contribution >= 0.6 is 0 Å². The Labute approximate surface area is 146 Å². The number of hydrazine groups is 1. The molecule has 0 unspecified atom stereocenters. The minimum atomic E-state index is -1.52. The molecule has 0 radical (unpaired) electrons. The van der Waals surface area contributed by atoms with Crippen LogP contribution < -0.4 is 17.0 Å². The number of halogens is 1. The van der Waals surface area contributed by atoms with E-state index in [0.717, 1.165) is 5.56 Å². The molecular weight excluding hydrogens is 321 g/mol. The summed E-state index contributed by atoms with van der Waals surface area (Å²) in [5.74, 6) is 3.50. The van der Waals surface area contributed by atoms with Crippen molar-refractivity contribution < 1.29 is 14.0 Å². The number of nitrogens with one attached hydrogen (secondary N) is 1. The number of benzene rings is 2. The Morgan fingerprint density at radius 1 is 1.12 bits per heavy atom. The topological polar surface area (TPSA) is 98.2 Å². The zero-order valence-electron chi connectivity index (χ0n) is 14.0. The summed E-state index contributed by atoms with van der Waals surface area (Å²) in [6, 6.07) is 14.3. The molecule has 0 saturated carbocycles. The number of rotatable bonds is 8. The number of ketones is 2. The summed E-state index contributed by atoms with van der Waals surface area (Å²) < 4.78 is 13.8. The third-order valence-corrected chi connectivity index (χ3v) is 4.06. The lowest BCUT2D eigenvalue weighted by Gasteiger charge is -2.25. The molecule has 2 atom stereocenters. The molecule has 5 nitrogen and oxygen atoms in total. The van der Waals surface area contributed by atoms with Crippen LogP contribution in [0.2, 0.25) is 0 Å². The van der Waals surface area contributed by atoms with Crippen LogP contribution in [0, 0.1) is 5.82 Å². The Hall–Kier alpha value is -2.41. The Morgan fingerprint density at radius 3 is 2.32 bits per heavy atom. The average Bonchev–Trinajstić information content (AvgIpc) is 2.61. The third kappa shape index (κ3) is 4.79. The van der Waals surface area contributed by atoms with Gasteiger partial charge < -0.3 is 5.73 Å². The van der Waals surface area contributed by atoms with Crippen LogP contribution in [0.5, 0.6) is 0 Å². The van der Waals surface area contributed by atoms with E-state index >= 15 is 0 Å². The second-order valence-electron chi connectivity index (χ2n) is 6.29. The Morgan fingerprint density at radius 2 is 1.72 bits per heavy atom. The van der Waals surface area contributed by atoms with Crippen LogP contribution in [0.1, 0.15) is 18.1 Å². The fraction of sp³-hybridized carbons (Fsp3) is 0.263. The summed E-state index contributed by atoms with van der Waals surface area (Å²) in [5.41, 5.74) is 8.04. The monoisotopic (exact) mass is 343 g/mol. The first-order valence-electron chi connectivity index (χ1n) is 7.96. The maximum atomic E-state index is 13.8. The number of carbonyl (C=O) groups is 2. The molecule has 5 N–H and O–H groups in total. The van der Waals surface area contributed by atoms with E-state index in [0.29, 0.717) is 0 Å². The first-order chi connectivity index (χ1) is 11.8. The van der Waals surface area contributed by atoms with Gasteiger partial charge in [0.1, 0.15) is 5.82 Å². The van der Waals surface area contributed by atoms with Crippen LogP contribution in [0.25, 0.3) is 0 Å². The van der Waals surface area contributed by atoms with Gasteiger partial charge in [0.05, 0.1) is 11.6 Å². The highest BCUT2D eigenvalue weighted by atomic mass is 19.1. The van der Waals surface area contributed by atoms with E-state index in [1.165, 1.54) is 13.0 Å². The van der Waals surface area contributed by atoms with Crippen LogP contribution in [-0.2, 0) is 22.4 Å². The predicted octanol–water partition coefficient (Wildman–Crippen LogP) is 1.30. The molecular formula is C19H22FN3O2. The van der Waals surface area contributed by atoms with E-state index in [2.05, 4.69) is 5.43 Å². The summed E-state index contributed by atoms with van der Waals surface area (Å²) in [7, 11) is 0. The highest BCUT2D eigenvalue weighted by Gasteiger charge is 2.37. The van der Waals surface area contributed by atoms with Gasteiger partial charge in [0.2, 0.25) is 11.6 Å². The largest absolute Gasteiger partial charge is 0.319 e. The van der Waals surface area contributed by atoms with E-state index < -0.39 is 29.0 Å². The van der Waals surface area contributed by atoms with Crippen LogP contribution in [0.15, 0.2) is 54.6 Å². The number of carbonyl (C=O) groups excluding carboxylic acids is 2. The fourth-order valence-electron chi connectivity index (χ4n) is 2.63. The lowest BCUT2D eigenvalue weighted by Crippen LogP contribution is -2.56. The molecule has 0 fully saturated rings. The number of Topliss-reactive ketones (excluding diaryl/α,β-unsaturated/α-hetero) is 2. The minimum absolute atomic E-state index is 0.0765. The van der Waals surface area contributed by atoms with Gasteiger partial charge in [-0.15, -0.1) is 0 Å². The summed E-state index contributed by atoms with van der Waals surface area (Å²) in [4.78, 5) is 25.1. The summed E-state index contributed by atoms with van der Waals surface area (Å²) in [6.07, 6.45) is 0.185. The first-order valence-corrected chi connectivity index (χ1v) is 7.96. The lowest BCUT2D eigenvalue weighted by atomic mass is 9.85. The maximum Gasteiger partial charge on any atom is 0.219 e. The van der Waals surface area contributed by atoms with Crippen molar-refractivity contribution in [2.24, 2.45) is 11.6 Å². The molecule has 132 valence electrons. The predicted molar refractivity (Wildman–Crippen MR) is 94.0 cm³/mol. The standard InChI is InChI=1S/C19H22FN3O2/c1-19(21,12-14-9-5-6-10-15(14)20)18(25)17(24)16(23-22)11-13-7-3-2-4-8-13/h2-10,16,23H,11-12,21-22H2,1H3/t16-,19-/m0/s1. The average molecular weight is 343 g/mol. The molecule has 0 aromatic heterocycles. The van der Waals surface area contributed by atoms with Gasteiger partial charge in [-0.2, -0.15) is 0 Å². The molecule has 0 heterocycles. The highest BCUT2D eigenvalue weighted by molar-refractivity contribution is 6.42. The first kappa shape index (κ1) is 18.9. The van der Waals surface area contributed by atoms with E-state index in [4.69, 9.17) is 11.6 Å². The normalized spacial score (nSPS) is 14.6. The zero-order valence-corrected chi connectivity index (χ0v) is 14.0. The second-order valence-corrected chi connectivity index (χ2v) is 6.29. The van der Waals surface area contributed by atoms with Crippen molar-refractivity contribution in [2.75, 3.05) is 0 Å². The van der Waals surface area contributed by atoms with Crippen molar-refractivity contribution in [3.8, 4) is 0 Å². The molecule has 0 spiro atoms. The summed E-state index contributed by atoms with van der Waals surface area (Å²) >= 11 is 0. The van der Waals surface area contributed by atoms with E-state index in [1.807, 2.05) is 30.3 Å². The molecule has 0 saturated heterocycles. The van der Waals surface area contributed by atoms with Crippen molar-refractivity contribution >= 4 is 11.6 Å². The maximum absolute atomic E-state index is 13.8. The summed E-state index contributed by atoms with van der Waals surface area (Å²) in [5, 5.41) is 0. The van der Waals surface area contributed by atoms with Crippen molar-refractivity contribution in [1.82, 2.24) is 5.43 Å². The number of hydrogen-bond donors (Lipinski definition) is 3.